The smallest absolute Gasteiger partial charge is 0.255 e. The molecule has 1 heterocycles. The number of aryl methyl sites for hydroxylation is 1. The maximum absolute atomic E-state index is 12.4. The highest BCUT2D eigenvalue weighted by Gasteiger charge is 2.11. The Morgan fingerprint density at radius 2 is 1.78 bits per heavy atom. The van der Waals surface area contributed by atoms with Crippen molar-refractivity contribution in [1.29, 1.82) is 0 Å². The minimum Gasteiger partial charge on any atom is -0.436 e. The molecule has 0 saturated carbocycles. The highest BCUT2D eigenvalue weighted by Crippen LogP contribution is 2.27. The van der Waals surface area contributed by atoms with E-state index in [4.69, 9.17) is 27.6 Å². The minimum atomic E-state index is -0.221. The molecule has 0 aliphatic carbocycles. The lowest BCUT2D eigenvalue weighted by atomic mass is 10.1. The molecule has 4 nitrogen and oxygen atoms in total. The zero-order valence-electron chi connectivity index (χ0n) is 14.3. The molecule has 4 aromatic rings. The molecule has 134 valence electrons. The number of benzene rings is 3. The van der Waals surface area contributed by atoms with Gasteiger partial charge in [0.15, 0.2) is 5.58 Å². The van der Waals surface area contributed by atoms with Crippen molar-refractivity contribution in [3.8, 4) is 11.5 Å². The van der Waals surface area contributed by atoms with E-state index in [1.165, 1.54) is 0 Å². The summed E-state index contributed by atoms with van der Waals surface area (Å²) < 4.78 is 5.75. The van der Waals surface area contributed by atoms with Gasteiger partial charge in [-0.15, -0.1) is 0 Å². The van der Waals surface area contributed by atoms with Crippen molar-refractivity contribution in [1.82, 2.24) is 4.98 Å². The van der Waals surface area contributed by atoms with Crippen molar-refractivity contribution in [2.24, 2.45) is 0 Å². The lowest BCUT2D eigenvalue weighted by Gasteiger charge is -2.07. The quantitative estimate of drug-likeness (QED) is 0.438. The van der Waals surface area contributed by atoms with E-state index in [-0.39, 0.29) is 5.91 Å². The van der Waals surface area contributed by atoms with Gasteiger partial charge < -0.3 is 9.73 Å². The van der Waals surface area contributed by atoms with Crippen LogP contribution in [-0.2, 0) is 0 Å². The molecule has 0 radical (unpaired) electrons. The lowest BCUT2D eigenvalue weighted by molar-refractivity contribution is 0.102. The number of carbonyl (C=O) groups is 1. The number of hydrogen-bond acceptors (Lipinski definition) is 3. The van der Waals surface area contributed by atoms with Crippen LogP contribution in [0.5, 0.6) is 0 Å². The first-order valence-electron chi connectivity index (χ1n) is 8.23. The van der Waals surface area contributed by atoms with Gasteiger partial charge in [-0.3, -0.25) is 4.79 Å². The first-order chi connectivity index (χ1) is 13.0. The summed E-state index contributed by atoms with van der Waals surface area (Å²) in [7, 11) is 0. The van der Waals surface area contributed by atoms with Gasteiger partial charge in [-0.2, -0.15) is 0 Å². The molecule has 0 fully saturated rings. The molecule has 1 amide bonds. The molecule has 0 atom stereocenters. The Hall–Kier alpha value is -2.82. The molecular weight excluding hydrogens is 383 g/mol. The number of carbonyl (C=O) groups excluding carboxylic acids is 1. The average Bonchev–Trinajstić information content (AvgIpc) is 3.07. The second kappa shape index (κ2) is 7.06. The number of hydrogen-bond donors (Lipinski definition) is 1. The largest absolute Gasteiger partial charge is 0.436 e. The van der Waals surface area contributed by atoms with Crippen LogP contribution in [0.25, 0.3) is 22.6 Å². The average molecular weight is 397 g/mol. The van der Waals surface area contributed by atoms with E-state index < -0.39 is 0 Å². The van der Waals surface area contributed by atoms with Crippen LogP contribution in [0.4, 0.5) is 5.69 Å². The van der Waals surface area contributed by atoms with Crippen LogP contribution in [0.2, 0.25) is 10.0 Å². The fourth-order valence-corrected chi connectivity index (χ4v) is 3.00. The number of halogens is 2. The molecule has 27 heavy (non-hydrogen) atoms. The molecule has 0 unspecified atom stereocenters. The van der Waals surface area contributed by atoms with Gasteiger partial charge in [0.2, 0.25) is 5.89 Å². The zero-order valence-corrected chi connectivity index (χ0v) is 15.8. The number of rotatable bonds is 3. The van der Waals surface area contributed by atoms with Crippen LogP contribution < -0.4 is 5.32 Å². The monoisotopic (exact) mass is 396 g/mol. The molecule has 0 bridgehead atoms. The standard InChI is InChI=1S/C21H14Cl2N2O2/c1-12-2-3-14(10-17(12)23)20(26)24-16-7-4-13(5-8-16)21-25-18-11-15(22)6-9-19(18)27-21/h2-11H,1H3,(H,24,26). The van der Waals surface area contributed by atoms with Crippen molar-refractivity contribution in [3.05, 3.63) is 81.8 Å². The third-order valence-electron chi connectivity index (χ3n) is 4.17. The van der Waals surface area contributed by atoms with Crippen LogP contribution in [0.3, 0.4) is 0 Å². The van der Waals surface area contributed by atoms with E-state index >= 15 is 0 Å². The molecule has 6 heteroatoms. The van der Waals surface area contributed by atoms with E-state index in [0.717, 1.165) is 11.1 Å². The third kappa shape index (κ3) is 3.68. The fraction of sp³-hybridized carbons (Fsp3) is 0.0476. The molecule has 0 spiro atoms. The van der Waals surface area contributed by atoms with Gasteiger partial charge in [-0.05, 0) is 67.1 Å². The normalized spacial score (nSPS) is 10.9. The van der Waals surface area contributed by atoms with Gasteiger partial charge in [-0.1, -0.05) is 29.3 Å². The Morgan fingerprint density at radius 3 is 2.52 bits per heavy atom. The summed E-state index contributed by atoms with van der Waals surface area (Å²) in [6, 6.07) is 17.8. The maximum Gasteiger partial charge on any atom is 0.255 e. The second-order valence-electron chi connectivity index (χ2n) is 6.13. The van der Waals surface area contributed by atoms with E-state index in [0.29, 0.717) is 38.3 Å². The fourth-order valence-electron chi connectivity index (χ4n) is 2.66. The van der Waals surface area contributed by atoms with Gasteiger partial charge in [0.25, 0.3) is 5.91 Å². The maximum atomic E-state index is 12.4. The second-order valence-corrected chi connectivity index (χ2v) is 6.97. The number of aromatic nitrogens is 1. The van der Waals surface area contributed by atoms with Crippen molar-refractivity contribution in [2.45, 2.75) is 6.92 Å². The number of amides is 1. The summed E-state index contributed by atoms with van der Waals surface area (Å²) in [5.41, 5.74) is 4.27. The van der Waals surface area contributed by atoms with Crippen LogP contribution in [0.15, 0.2) is 65.1 Å². The predicted molar refractivity (Wildman–Crippen MR) is 109 cm³/mol. The topological polar surface area (TPSA) is 55.1 Å². The molecule has 0 aliphatic rings. The predicted octanol–water partition coefficient (Wildman–Crippen LogP) is 6.36. The molecule has 1 N–H and O–H groups in total. The summed E-state index contributed by atoms with van der Waals surface area (Å²) in [5, 5.41) is 4.02. The van der Waals surface area contributed by atoms with Gasteiger partial charge >= 0.3 is 0 Å². The molecule has 0 saturated heterocycles. The van der Waals surface area contributed by atoms with E-state index in [9.17, 15) is 4.79 Å². The number of anilines is 1. The van der Waals surface area contributed by atoms with Crippen LogP contribution >= 0.6 is 23.2 Å². The lowest BCUT2D eigenvalue weighted by Crippen LogP contribution is -2.11. The third-order valence-corrected chi connectivity index (χ3v) is 4.82. The van der Waals surface area contributed by atoms with Crippen LogP contribution in [0, 0.1) is 6.92 Å². The Bertz CT molecular complexity index is 1150. The van der Waals surface area contributed by atoms with Gasteiger partial charge in [0.1, 0.15) is 5.52 Å². The van der Waals surface area contributed by atoms with Crippen molar-refractivity contribution in [2.75, 3.05) is 5.32 Å². The van der Waals surface area contributed by atoms with Crippen molar-refractivity contribution in [3.63, 3.8) is 0 Å². The summed E-state index contributed by atoms with van der Waals surface area (Å²) in [6.07, 6.45) is 0. The van der Waals surface area contributed by atoms with E-state index in [1.807, 2.05) is 25.1 Å². The Morgan fingerprint density at radius 1 is 1.00 bits per heavy atom. The highest BCUT2D eigenvalue weighted by molar-refractivity contribution is 6.32. The number of fused-ring (bicyclic) bond motifs is 1. The first kappa shape index (κ1) is 17.6. The Balaban J connectivity index is 1.54. The van der Waals surface area contributed by atoms with Gasteiger partial charge in [-0.25, -0.2) is 4.98 Å². The van der Waals surface area contributed by atoms with Crippen molar-refractivity contribution >= 4 is 45.9 Å². The summed E-state index contributed by atoms with van der Waals surface area (Å²) in [5.74, 6) is 0.275. The van der Waals surface area contributed by atoms with Gasteiger partial charge in [0.05, 0.1) is 0 Å². The number of nitrogens with zero attached hydrogens (tertiary/aromatic N) is 1. The summed E-state index contributed by atoms with van der Waals surface area (Å²) >= 11 is 12.1. The van der Waals surface area contributed by atoms with Gasteiger partial charge in [0, 0.05) is 26.9 Å². The SMILES string of the molecule is Cc1ccc(C(=O)Nc2ccc(-c3nc4cc(Cl)ccc4o3)cc2)cc1Cl. The number of oxazole rings is 1. The molecule has 3 aromatic carbocycles. The zero-order chi connectivity index (χ0) is 19.0. The molecular formula is C21H14Cl2N2O2. The van der Waals surface area contributed by atoms with Crippen LogP contribution in [-0.4, -0.2) is 10.9 Å². The molecule has 4 rings (SSSR count). The first-order valence-corrected chi connectivity index (χ1v) is 8.99. The molecule has 1 aromatic heterocycles. The minimum absolute atomic E-state index is 0.221. The summed E-state index contributed by atoms with van der Waals surface area (Å²) in [4.78, 5) is 16.8. The highest BCUT2D eigenvalue weighted by atomic mass is 35.5. The Kier molecular flexibility index (Phi) is 4.60. The van der Waals surface area contributed by atoms with Crippen LogP contribution in [0.1, 0.15) is 15.9 Å². The van der Waals surface area contributed by atoms with E-state index in [1.54, 1.807) is 42.5 Å². The Labute approximate surface area is 165 Å². The summed E-state index contributed by atoms with van der Waals surface area (Å²) in [6.45, 7) is 1.89. The van der Waals surface area contributed by atoms with Crippen molar-refractivity contribution < 1.29 is 9.21 Å². The van der Waals surface area contributed by atoms with E-state index in [2.05, 4.69) is 10.3 Å². The molecule has 0 aliphatic heterocycles. The number of nitrogens with one attached hydrogen (secondary N) is 1.